The summed E-state index contributed by atoms with van der Waals surface area (Å²) in [6.07, 6.45) is 4.33. The van der Waals surface area contributed by atoms with Crippen LogP contribution in [0.1, 0.15) is 30.4 Å². The summed E-state index contributed by atoms with van der Waals surface area (Å²) in [4.78, 5) is 12.2. The third-order valence-corrected chi connectivity index (χ3v) is 4.19. The first-order chi connectivity index (χ1) is 9.83. The fourth-order valence-corrected chi connectivity index (χ4v) is 2.99. The van der Waals surface area contributed by atoms with Crippen molar-refractivity contribution >= 4 is 5.91 Å². The van der Waals surface area contributed by atoms with Gasteiger partial charge in [-0.2, -0.15) is 0 Å². The van der Waals surface area contributed by atoms with Crippen molar-refractivity contribution in [2.45, 2.75) is 44.4 Å². The van der Waals surface area contributed by atoms with E-state index < -0.39 is 0 Å². The van der Waals surface area contributed by atoms with Crippen LogP contribution in [0, 0.1) is 0 Å². The maximum Gasteiger partial charge on any atom is 0.237 e. The Morgan fingerprint density at radius 3 is 3.00 bits per heavy atom. The van der Waals surface area contributed by atoms with Crippen molar-refractivity contribution in [2.75, 3.05) is 13.2 Å². The first-order valence-corrected chi connectivity index (χ1v) is 7.52. The van der Waals surface area contributed by atoms with E-state index in [0.29, 0.717) is 12.6 Å². The molecule has 2 aliphatic rings. The molecule has 2 N–H and O–H groups in total. The number of amides is 1. The van der Waals surface area contributed by atoms with Crippen molar-refractivity contribution < 1.29 is 9.53 Å². The zero-order chi connectivity index (χ0) is 13.8. The molecule has 108 valence electrons. The van der Waals surface area contributed by atoms with Gasteiger partial charge >= 0.3 is 0 Å². The van der Waals surface area contributed by atoms with Crippen LogP contribution in [0.2, 0.25) is 0 Å². The smallest absolute Gasteiger partial charge is 0.237 e. The highest BCUT2D eigenvalue weighted by Crippen LogP contribution is 2.17. The molecule has 0 radical (unpaired) electrons. The van der Waals surface area contributed by atoms with E-state index in [1.54, 1.807) is 0 Å². The minimum atomic E-state index is -0.102. The summed E-state index contributed by atoms with van der Waals surface area (Å²) in [5, 5.41) is 6.34. The minimum Gasteiger partial charge on any atom is -0.378 e. The lowest BCUT2D eigenvalue weighted by Gasteiger charge is -2.25. The van der Waals surface area contributed by atoms with E-state index in [1.807, 2.05) is 12.1 Å². The molecule has 0 aliphatic carbocycles. The van der Waals surface area contributed by atoms with Gasteiger partial charge in [0.05, 0.1) is 12.1 Å². The van der Waals surface area contributed by atoms with Gasteiger partial charge in [0.1, 0.15) is 0 Å². The highest BCUT2D eigenvalue weighted by Gasteiger charge is 2.24. The van der Waals surface area contributed by atoms with E-state index in [4.69, 9.17) is 4.74 Å². The molecule has 2 aliphatic heterocycles. The van der Waals surface area contributed by atoms with Crippen molar-refractivity contribution in [1.29, 1.82) is 0 Å². The molecular weight excluding hydrogens is 252 g/mol. The van der Waals surface area contributed by atoms with Gasteiger partial charge in [0.2, 0.25) is 5.91 Å². The summed E-state index contributed by atoms with van der Waals surface area (Å²) in [5.74, 6) is 0.109. The predicted molar refractivity (Wildman–Crippen MR) is 77.4 cm³/mol. The number of rotatable bonds is 4. The fourth-order valence-electron chi connectivity index (χ4n) is 2.99. The van der Waals surface area contributed by atoms with Crippen LogP contribution in [0.5, 0.6) is 0 Å². The third kappa shape index (κ3) is 3.19. The average molecular weight is 274 g/mol. The lowest BCUT2D eigenvalue weighted by Crippen LogP contribution is -2.48. The molecule has 0 spiro atoms. The normalized spacial score (nSPS) is 25.2. The van der Waals surface area contributed by atoms with Crippen molar-refractivity contribution in [2.24, 2.45) is 0 Å². The molecule has 1 aromatic rings. The molecule has 0 bridgehead atoms. The number of carbonyl (C=O) groups is 1. The van der Waals surface area contributed by atoms with Crippen molar-refractivity contribution in [3.63, 3.8) is 0 Å². The number of hydrogen-bond acceptors (Lipinski definition) is 3. The van der Waals surface area contributed by atoms with Crippen LogP contribution in [0.4, 0.5) is 0 Å². The van der Waals surface area contributed by atoms with Crippen molar-refractivity contribution in [3.8, 4) is 0 Å². The Labute approximate surface area is 119 Å². The molecule has 1 aromatic carbocycles. The highest BCUT2D eigenvalue weighted by molar-refractivity contribution is 5.82. The maximum absolute atomic E-state index is 12.2. The van der Waals surface area contributed by atoms with Crippen molar-refractivity contribution in [3.05, 3.63) is 35.4 Å². The van der Waals surface area contributed by atoms with E-state index in [2.05, 4.69) is 22.8 Å². The van der Waals surface area contributed by atoms with E-state index >= 15 is 0 Å². The molecule has 1 amide bonds. The quantitative estimate of drug-likeness (QED) is 0.872. The first kappa shape index (κ1) is 13.6. The topological polar surface area (TPSA) is 50.4 Å². The number of nitrogens with one attached hydrogen (secondary N) is 2. The average Bonchev–Trinajstić information content (AvgIpc) is 3.00. The molecule has 0 saturated carbocycles. The van der Waals surface area contributed by atoms with Gasteiger partial charge in [-0.25, -0.2) is 0 Å². The van der Waals surface area contributed by atoms with Gasteiger partial charge in [-0.3, -0.25) is 4.79 Å². The lowest BCUT2D eigenvalue weighted by molar-refractivity contribution is -0.123. The Balaban J connectivity index is 1.46. The summed E-state index contributed by atoms with van der Waals surface area (Å²) >= 11 is 0. The molecule has 3 rings (SSSR count). The van der Waals surface area contributed by atoms with Crippen LogP contribution in [-0.4, -0.2) is 31.2 Å². The van der Waals surface area contributed by atoms with Crippen LogP contribution in [-0.2, 0) is 22.5 Å². The summed E-state index contributed by atoms with van der Waals surface area (Å²) in [6, 6.07) is 8.21. The lowest BCUT2D eigenvalue weighted by atomic mass is 9.95. The van der Waals surface area contributed by atoms with Crippen LogP contribution < -0.4 is 10.6 Å². The molecular formula is C16H22N2O2. The Morgan fingerprint density at radius 1 is 1.35 bits per heavy atom. The second-order valence-corrected chi connectivity index (χ2v) is 5.62. The highest BCUT2D eigenvalue weighted by atomic mass is 16.5. The van der Waals surface area contributed by atoms with E-state index in [-0.39, 0.29) is 11.9 Å². The Kier molecular flexibility index (Phi) is 4.33. The van der Waals surface area contributed by atoms with Gasteiger partial charge in [0.15, 0.2) is 0 Å². The fraction of sp³-hybridized carbons (Fsp3) is 0.562. The second kappa shape index (κ2) is 6.37. The van der Waals surface area contributed by atoms with Crippen molar-refractivity contribution in [1.82, 2.24) is 10.6 Å². The number of ether oxygens (including phenoxy) is 1. The van der Waals surface area contributed by atoms with E-state index in [0.717, 1.165) is 38.8 Å². The number of hydrogen-bond donors (Lipinski definition) is 2. The van der Waals surface area contributed by atoms with Gasteiger partial charge in [-0.1, -0.05) is 24.3 Å². The standard InChI is InChI=1S/C16H22N2O2/c19-16(17-8-7-14-6-3-9-20-14)15-10-12-4-1-2-5-13(12)11-18-15/h1-2,4-5,14-15,18H,3,6-11H2,(H,17,19). The monoisotopic (exact) mass is 274 g/mol. The first-order valence-electron chi connectivity index (χ1n) is 7.52. The second-order valence-electron chi connectivity index (χ2n) is 5.62. The zero-order valence-corrected chi connectivity index (χ0v) is 11.7. The van der Waals surface area contributed by atoms with Gasteiger partial charge < -0.3 is 15.4 Å². The SMILES string of the molecule is O=C(NCCC1CCCO1)C1Cc2ccccc2CN1. The van der Waals surface area contributed by atoms with Gasteiger partial charge in [-0.05, 0) is 36.8 Å². The molecule has 2 unspecified atom stereocenters. The van der Waals surface area contributed by atoms with Crippen LogP contribution >= 0.6 is 0 Å². The molecule has 1 fully saturated rings. The largest absolute Gasteiger partial charge is 0.378 e. The van der Waals surface area contributed by atoms with E-state index in [9.17, 15) is 4.79 Å². The Morgan fingerprint density at radius 2 is 2.20 bits per heavy atom. The van der Waals surface area contributed by atoms with Gasteiger partial charge in [0.25, 0.3) is 0 Å². The van der Waals surface area contributed by atoms with Crippen LogP contribution in [0.25, 0.3) is 0 Å². The molecule has 0 aromatic heterocycles. The minimum absolute atomic E-state index is 0.102. The number of fused-ring (bicyclic) bond motifs is 1. The van der Waals surface area contributed by atoms with E-state index in [1.165, 1.54) is 11.1 Å². The third-order valence-electron chi connectivity index (χ3n) is 4.19. The summed E-state index contributed by atoms with van der Waals surface area (Å²) in [5.41, 5.74) is 2.58. The number of benzene rings is 1. The molecule has 2 heterocycles. The molecule has 4 nitrogen and oxygen atoms in total. The summed E-state index contributed by atoms with van der Waals surface area (Å²) in [6.45, 7) is 2.36. The molecule has 1 saturated heterocycles. The maximum atomic E-state index is 12.2. The van der Waals surface area contributed by atoms with Crippen LogP contribution in [0.15, 0.2) is 24.3 Å². The molecule has 20 heavy (non-hydrogen) atoms. The predicted octanol–water partition coefficient (Wildman–Crippen LogP) is 1.39. The van der Waals surface area contributed by atoms with Gasteiger partial charge in [-0.15, -0.1) is 0 Å². The molecule has 4 heteroatoms. The summed E-state index contributed by atoms with van der Waals surface area (Å²) in [7, 11) is 0. The zero-order valence-electron chi connectivity index (χ0n) is 11.7. The van der Waals surface area contributed by atoms with Crippen LogP contribution in [0.3, 0.4) is 0 Å². The molecule has 2 atom stereocenters. The Bertz CT molecular complexity index is 469. The van der Waals surface area contributed by atoms with Gasteiger partial charge in [0, 0.05) is 19.7 Å². The summed E-state index contributed by atoms with van der Waals surface area (Å²) < 4.78 is 5.56. The number of carbonyl (C=O) groups excluding carboxylic acids is 1. The Hall–Kier alpha value is -1.39.